The van der Waals surface area contributed by atoms with Gasteiger partial charge in [-0.15, -0.1) is 0 Å². The molecule has 1 heterocycles. The maximum Gasteiger partial charge on any atom is 0.251 e. The number of nitrogens with zero attached hydrogens (tertiary/aromatic N) is 1. The van der Waals surface area contributed by atoms with Crippen molar-refractivity contribution < 1.29 is 9.90 Å². The van der Waals surface area contributed by atoms with Crippen LogP contribution in [-0.4, -0.2) is 28.1 Å². The fraction of sp³-hybridized carbons (Fsp3) is 0.500. The molecular weight excluding hydrogens is 204 g/mol. The van der Waals surface area contributed by atoms with Gasteiger partial charge < -0.3 is 10.4 Å². The lowest BCUT2D eigenvalue weighted by Gasteiger charge is -2.25. The van der Waals surface area contributed by atoms with E-state index in [0.29, 0.717) is 12.0 Å². The molecule has 0 bridgehead atoms. The quantitative estimate of drug-likeness (QED) is 0.806. The Kier molecular flexibility index (Phi) is 4.01. The van der Waals surface area contributed by atoms with Gasteiger partial charge >= 0.3 is 0 Å². The molecule has 0 radical (unpaired) electrons. The molecule has 0 saturated heterocycles. The van der Waals surface area contributed by atoms with Crippen LogP contribution in [0.5, 0.6) is 0 Å². The maximum absolute atomic E-state index is 11.9. The van der Waals surface area contributed by atoms with Gasteiger partial charge in [0.15, 0.2) is 0 Å². The molecule has 0 saturated carbocycles. The average molecular weight is 222 g/mol. The lowest BCUT2D eigenvalue weighted by molar-refractivity contribution is 0.0899. The Balaban J connectivity index is 2.72. The molecule has 2 N–H and O–H groups in total. The van der Waals surface area contributed by atoms with Crippen LogP contribution in [0.4, 0.5) is 0 Å². The largest absolute Gasteiger partial charge is 0.396 e. The first-order valence-electron chi connectivity index (χ1n) is 5.31. The van der Waals surface area contributed by atoms with Gasteiger partial charge in [0.2, 0.25) is 0 Å². The van der Waals surface area contributed by atoms with Crippen LogP contribution in [0.3, 0.4) is 0 Å². The highest BCUT2D eigenvalue weighted by Crippen LogP contribution is 2.09. The molecule has 0 atom stereocenters. The number of carbonyl (C=O) groups is 1. The summed E-state index contributed by atoms with van der Waals surface area (Å²) in [4.78, 5) is 15.9. The molecule has 0 aliphatic carbocycles. The van der Waals surface area contributed by atoms with Gasteiger partial charge in [0, 0.05) is 29.6 Å². The Labute approximate surface area is 95.7 Å². The van der Waals surface area contributed by atoms with Crippen molar-refractivity contribution >= 4 is 5.91 Å². The molecule has 0 unspecified atom stereocenters. The van der Waals surface area contributed by atoms with Gasteiger partial charge in [0.05, 0.1) is 0 Å². The van der Waals surface area contributed by atoms with Crippen LogP contribution in [-0.2, 0) is 0 Å². The van der Waals surface area contributed by atoms with Crippen molar-refractivity contribution in [3.63, 3.8) is 0 Å². The summed E-state index contributed by atoms with van der Waals surface area (Å²) in [6.07, 6.45) is 2.14. The smallest absolute Gasteiger partial charge is 0.251 e. The van der Waals surface area contributed by atoms with Gasteiger partial charge in [-0.2, -0.15) is 0 Å². The molecule has 0 aromatic carbocycles. The molecule has 1 rings (SSSR count). The van der Waals surface area contributed by atoms with Crippen molar-refractivity contribution in [3.05, 3.63) is 29.6 Å². The van der Waals surface area contributed by atoms with Gasteiger partial charge in [-0.3, -0.25) is 9.78 Å². The molecule has 4 heteroatoms. The van der Waals surface area contributed by atoms with E-state index in [1.54, 1.807) is 18.3 Å². The topological polar surface area (TPSA) is 62.2 Å². The molecule has 0 fully saturated rings. The van der Waals surface area contributed by atoms with E-state index in [4.69, 9.17) is 5.11 Å². The van der Waals surface area contributed by atoms with Crippen LogP contribution in [0.25, 0.3) is 0 Å². The van der Waals surface area contributed by atoms with E-state index in [9.17, 15) is 4.79 Å². The van der Waals surface area contributed by atoms with E-state index in [2.05, 4.69) is 10.3 Å². The number of aryl methyl sites for hydroxylation is 1. The molecular formula is C12H18N2O2. The number of pyridine rings is 1. The first-order chi connectivity index (χ1) is 7.44. The Morgan fingerprint density at radius 1 is 1.56 bits per heavy atom. The van der Waals surface area contributed by atoms with Crippen LogP contribution in [0.2, 0.25) is 0 Å². The zero-order chi connectivity index (χ0) is 12.2. The number of aliphatic hydroxyl groups excluding tert-OH is 1. The highest BCUT2D eigenvalue weighted by Gasteiger charge is 2.20. The van der Waals surface area contributed by atoms with Crippen molar-refractivity contribution in [2.75, 3.05) is 6.61 Å². The van der Waals surface area contributed by atoms with Crippen LogP contribution in [0.1, 0.15) is 36.3 Å². The summed E-state index contributed by atoms with van der Waals surface area (Å²) >= 11 is 0. The zero-order valence-corrected chi connectivity index (χ0v) is 9.95. The number of hydrogen-bond acceptors (Lipinski definition) is 3. The van der Waals surface area contributed by atoms with Crippen molar-refractivity contribution in [2.24, 2.45) is 0 Å². The van der Waals surface area contributed by atoms with E-state index in [1.807, 2.05) is 20.8 Å². The molecule has 88 valence electrons. The third-order valence-electron chi connectivity index (χ3n) is 2.35. The second-order valence-corrected chi connectivity index (χ2v) is 4.50. The Morgan fingerprint density at radius 3 is 2.81 bits per heavy atom. The average Bonchev–Trinajstić information content (AvgIpc) is 2.16. The predicted octanol–water partition coefficient (Wildman–Crippen LogP) is 1.28. The summed E-state index contributed by atoms with van der Waals surface area (Å²) in [6, 6.07) is 3.42. The summed E-state index contributed by atoms with van der Waals surface area (Å²) < 4.78 is 0. The predicted molar refractivity (Wildman–Crippen MR) is 62.2 cm³/mol. The molecule has 1 aromatic heterocycles. The third-order valence-corrected chi connectivity index (χ3v) is 2.35. The number of aromatic nitrogens is 1. The number of hydrogen-bond donors (Lipinski definition) is 2. The second-order valence-electron chi connectivity index (χ2n) is 4.50. The van der Waals surface area contributed by atoms with E-state index in [1.165, 1.54) is 0 Å². The molecule has 0 aliphatic rings. The Bertz CT molecular complexity index is 375. The molecule has 0 aliphatic heterocycles. The number of carbonyl (C=O) groups excluding carboxylic acids is 1. The summed E-state index contributed by atoms with van der Waals surface area (Å²) in [6.45, 7) is 5.67. The number of rotatable bonds is 4. The van der Waals surface area contributed by atoms with Crippen molar-refractivity contribution in [1.29, 1.82) is 0 Å². The highest BCUT2D eigenvalue weighted by molar-refractivity contribution is 5.94. The molecule has 1 aromatic rings. The van der Waals surface area contributed by atoms with Crippen LogP contribution < -0.4 is 5.32 Å². The van der Waals surface area contributed by atoms with Crippen LogP contribution in [0.15, 0.2) is 18.3 Å². The van der Waals surface area contributed by atoms with Gasteiger partial charge in [-0.1, -0.05) is 0 Å². The number of aliphatic hydroxyl groups is 1. The van der Waals surface area contributed by atoms with E-state index < -0.39 is 5.54 Å². The number of nitrogens with one attached hydrogen (secondary N) is 1. The normalized spacial score (nSPS) is 11.2. The summed E-state index contributed by atoms with van der Waals surface area (Å²) in [5.41, 5.74) is 1.01. The monoisotopic (exact) mass is 222 g/mol. The lowest BCUT2D eigenvalue weighted by Crippen LogP contribution is -2.44. The lowest BCUT2D eigenvalue weighted by atomic mass is 10.0. The van der Waals surface area contributed by atoms with E-state index in [-0.39, 0.29) is 12.5 Å². The SMILES string of the molecule is Cc1cc(C(=O)NC(C)(C)CCO)ccn1. The first-order valence-corrected chi connectivity index (χ1v) is 5.31. The molecule has 0 spiro atoms. The van der Waals surface area contributed by atoms with Crippen molar-refractivity contribution in [3.8, 4) is 0 Å². The summed E-state index contributed by atoms with van der Waals surface area (Å²) in [5.74, 6) is -0.135. The third kappa shape index (κ3) is 3.62. The summed E-state index contributed by atoms with van der Waals surface area (Å²) in [5, 5.41) is 11.7. The van der Waals surface area contributed by atoms with Crippen LogP contribution >= 0.6 is 0 Å². The maximum atomic E-state index is 11.9. The van der Waals surface area contributed by atoms with Crippen molar-refractivity contribution in [1.82, 2.24) is 10.3 Å². The minimum atomic E-state index is -0.400. The molecule has 16 heavy (non-hydrogen) atoms. The summed E-state index contributed by atoms with van der Waals surface area (Å²) in [7, 11) is 0. The molecule has 1 amide bonds. The minimum absolute atomic E-state index is 0.0582. The second kappa shape index (κ2) is 5.07. The van der Waals surface area contributed by atoms with E-state index in [0.717, 1.165) is 5.69 Å². The fourth-order valence-corrected chi connectivity index (χ4v) is 1.41. The Morgan fingerprint density at radius 2 is 2.25 bits per heavy atom. The van der Waals surface area contributed by atoms with E-state index >= 15 is 0 Å². The Hall–Kier alpha value is -1.42. The van der Waals surface area contributed by atoms with Gasteiger partial charge in [0.1, 0.15) is 0 Å². The zero-order valence-electron chi connectivity index (χ0n) is 9.95. The van der Waals surface area contributed by atoms with Crippen LogP contribution in [0, 0.1) is 6.92 Å². The minimum Gasteiger partial charge on any atom is -0.396 e. The van der Waals surface area contributed by atoms with Gasteiger partial charge in [-0.05, 0) is 39.3 Å². The standard InChI is InChI=1S/C12H18N2O2/c1-9-8-10(4-6-13-9)11(16)14-12(2,3)5-7-15/h4,6,8,15H,5,7H2,1-3H3,(H,14,16). The molecule has 4 nitrogen and oxygen atoms in total. The van der Waals surface area contributed by atoms with Crippen molar-refractivity contribution in [2.45, 2.75) is 32.7 Å². The fourth-order valence-electron chi connectivity index (χ4n) is 1.41. The van der Waals surface area contributed by atoms with Gasteiger partial charge in [0.25, 0.3) is 5.91 Å². The first kappa shape index (κ1) is 12.6. The highest BCUT2D eigenvalue weighted by atomic mass is 16.3. The number of amides is 1. The van der Waals surface area contributed by atoms with Gasteiger partial charge in [-0.25, -0.2) is 0 Å².